The van der Waals surface area contributed by atoms with Gasteiger partial charge in [0.25, 0.3) is 6.43 Å². The molecule has 1 aliphatic carbocycles. The van der Waals surface area contributed by atoms with Crippen molar-refractivity contribution in [3.63, 3.8) is 0 Å². The van der Waals surface area contributed by atoms with Crippen LogP contribution in [0.3, 0.4) is 0 Å². The van der Waals surface area contributed by atoms with Crippen LogP contribution in [0.15, 0.2) is 0 Å². The smallest absolute Gasteiger partial charge is 0.251 e. The molecule has 0 radical (unpaired) electrons. The van der Waals surface area contributed by atoms with Crippen LogP contribution >= 0.6 is 0 Å². The monoisotopic (exact) mass is 276 g/mol. The molecule has 3 unspecified atom stereocenters. The van der Waals surface area contributed by atoms with E-state index in [4.69, 9.17) is 0 Å². The van der Waals surface area contributed by atoms with Crippen molar-refractivity contribution in [1.29, 1.82) is 0 Å². The summed E-state index contributed by atoms with van der Waals surface area (Å²) in [4.78, 5) is 1.87. The highest BCUT2D eigenvalue weighted by Crippen LogP contribution is 2.32. The molecule has 1 N–H and O–H groups in total. The molecule has 1 rings (SSSR count). The number of rotatable bonds is 7. The molecule has 0 aromatic carbocycles. The van der Waals surface area contributed by atoms with Crippen LogP contribution in [-0.2, 0) is 0 Å². The van der Waals surface area contributed by atoms with E-state index in [1.165, 1.54) is 6.42 Å². The Hall–Kier alpha value is -0.220. The minimum atomic E-state index is -2.24. The lowest BCUT2D eigenvalue weighted by atomic mass is 9.76. The topological polar surface area (TPSA) is 15.3 Å². The van der Waals surface area contributed by atoms with E-state index in [1.54, 1.807) is 0 Å². The summed E-state index contributed by atoms with van der Waals surface area (Å²) in [5.74, 6) is 1.32. The predicted octanol–water partition coefficient (Wildman–Crippen LogP) is 3.38. The van der Waals surface area contributed by atoms with Gasteiger partial charge in [-0.15, -0.1) is 0 Å². The summed E-state index contributed by atoms with van der Waals surface area (Å²) in [6, 6.07) is 0.625. The van der Waals surface area contributed by atoms with Crippen LogP contribution in [0.5, 0.6) is 0 Å². The molecule has 0 bridgehead atoms. The summed E-state index contributed by atoms with van der Waals surface area (Å²) in [6.45, 7) is 7.50. The fourth-order valence-corrected chi connectivity index (χ4v) is 3.19. The van der Waals surface area contributed by atoms with Crippen molar-refractivity contribution in [2.45, 2.75) is 65.0 Å². The highest BCUT2D eigenvalue weighted by Gasteiger charge is 2.34. The van der Waals surface area contributed by atoms with Gasteiger partial charge in [0.05, 0.1) is 6.54 Å². The van der Waals surface area contributed by atoms with E-state index in [0.717, 1.165) is 25.8 Å². The molecule has 3 atom stereocenters. The molecular formula is C15H30F2N2. The minimum absolute atomic E-state index is 0.111. The summed E-state index contributed by atoms with van der Waals surface area (Å²) in [6.07, 6.45) is 2.23. The number of likely N-dealkylation sites (N-methyl/N-ethyl adjacent to an activating group) is 1. The third-order valence-corrected chi connectivity index (χ3v) is 4.45. The van der Waals surface area contributed by atoms with Gasteiger partial charge in [-0.05, 0) is 51.1 Å². The van der Waals surface area contributed by atoms with Crippen molar-refractivity contribution in [3.8, 4) is 0 Å². The molecule has 0 spiro atoms. The van der Waals surface area contributed by atoms with Gasteiger partial charge >= 0.3 is 0 Å². The van der Waals surface area contributed by atoms with E-state index in [9.17, 15) is 8.78 Å². The quantitative estimate of drug-likeness (QED) is 0.767. The predicted molar refractivity (Wildman–Crippen MR) is 76.7 cm³/mol. The van der Waals surface area contributed by atoms with Crippen LogP contribution in [0.4, 0.5) is 8.78 Å². The first-order chi connectivity index (χ1) is 8.95. The van der Waals surface area contributed by atoms with E-state index >= 15 is 0 Å². The van der Waals surface area contributed by atoms with Gasteiger partial charge in [-0.25, -0.2) is 8.78 Å². The third kappa shape index (κ3) is 5.35. The van der Waals surface area contributed by atoms with E-state index in [0.29, 0.717) is 17.9 Å². The number of halogens is 2. The van der Waals surface area contributed by atoms with Gasteiger partial charge in [-0.3, -0.25) is 4.90 Å². The highest BCUT2D eigenvalue weighted by molar-refractivity contribution is 4.91. The molecule has 1 fully saturated rings. The van der Waals surface area contributed by atoms with Crippen molar-refractivity contribution in [2.24, 2.45) is 11.8 Å². The third-order valence-electron chi connectivity index (χ3n) is 4.45. The Morgan fingerprint density at radius 1 is 1.26 bits per heavy atom. The molecule has 0 aromatic heterocycles. The zero-order chi connectivity index (χ0) is 14.4. The molecule has 1 saturated carbocycles. The molecule has 0 amide bonds. The average Bonchev–Trinajstić information content (AvgIpc) is 2.35. The van der Waals surface area contributed by atoms with Crippen LogP contribution in [0.1, 0.15) is 46.5 Å². The summed E-state index contributed by atoms with van der Waals surface area (Å²) in [5, 5.41) is 3.55. The van der Waals surface area contributed by atoms with Crippen molar-refractivity contribution in [3.05, 3.63) is 0 Å². The molecule has 0 heterocycles. The SMILES string of the molecule is CCCNC1CCC(C(C)C)CC1N(C)CC(F)F. The summed E-state index contributed by atoms with van der Waals surface area (Å²) in [5.41, 5.74) is 0. The fraction of sp³-hybridized carbons (Fsp3) is 1.00. The second-order valence-corrected chi connectivity index (χ2v) is 6.28. The Morgan fingerprint density at radius 3 is 2.47 bits per heavy atom. The van der Waals surface area contributed by atoms with Gasteiger partial charge in [0.1, 0.15) is 0 Å². The lowest BCUT2D eigenvalue weighted by Crippen LogP contribution is -2.53. The van der Waals surface area contributed by atoms with Gasteiger partial charge in [0.2, 0.25) is 0 Å². The largest absolute Gasteiger partial charge is 0.312 e. The molecule has 0 aliphatic heterocycles. The number of nitrogens with one attached hydrogen (secondary N) is 1. The van der Waals surface area contributed by atoms with E-state index in [2.05, 4.69) is 26.1 Å². The number of alkyl halides is 2. The number of hydrogen-bond acceptors (Lipinski definition) is 2. The Kier molecular flexibility index (Phi) is 7.22. The Labute approximate surface area is 116 Å². The second kappa shape index (κ2) is 8.15. The molecule has 2 nitrogen and oxygen atoms in total. The van der Waals surface area contributed by atoms with Gasteiger partial charge < -0.3 is 5.32 Å². The molecule has 4 heteroatoms. The Balaban J connectivity index is 2.64. The lowest BCUT2D eigenvalue weighted by Gasteiger charge is -2.42. The summed E-state index contributed by atoms with van der Waals surface area (Å²) < 4.78 is 25.2. The zero-order valence-corrected chi connectivity index (χ0v) is 12.8. The molecule has 1 aliphatic rings. The molecule has 0 aromatic rings. The fourth-order valence-electron chi connectivity index (χ4n) is 3.19. The van der Waals surface area contributed by atoms with E-state index in [1.807, 2.05) is 11.9 Å². The lowest BCUT2D eigenvalue weighted by molar-refractivity contribution is 0.0432. The Morgan fingerprint density at radius 2 is 1.95 bits per heavy atom. The van der Waals surface area contributed by atoms with Crippen LogP contribution < -0.4 is 5.32 Å². The van der Waals surface area contributed by atoms with Crippen molar-refractivity contribution >= 4 is 0 Å². The first-order valence-electron chi connectivity index (χ1n) is 7.67. The average molecular weight is 276 g/mol. The molecule has 19 heavy (non-hydrogen) atoms. The maximum Gasteiger partial charge on any atom is 0.251 e. The first kappa shape index (κ1) is 16.8. The first-order valence-corrected chi connectivity index (χ1v) is 7.67. The van der Waals surface area contributed by atoms with Gasteiger partial charge in [-0.2, -0.15) is 0 Å². The maximum atomic E-state index is 12.6. The number of nitrogens with zero attached hydrogens (tertiary/aromatic N) is 1. The van der Waals surface area contributed by atoms with Crippen molar-refractivity contribution in [1.82, 2.24) is 10.2 Å². The van der Waals surface area contributed by atoms with Crippen LogP contribution in [0, 0.1) is 11.8 Å². The van der Waals surface area contributed by atoms with Crippen LogP contribution in [0.2, 0.25) is 0 Å². The maximum absolute atomic E-state index is 12.6. The van der Waals surface area contributed by atoms with Gasteiger partial charge in [-0.1, -0.05) is 20.8 Å². The van der Waals surface area contributed by atoms with Crippen LogP contribution in [-0.4, -0.2) is 43.5 Å². The van der Waals surface area contributed by atoms with Crippen molar-refractivity contribution in [2.75, 3.05) is 20.1 Å². The molecular weight excluding hydrogens is 246 g/mol. The summed E-state index contributed by atoms with van der Waals surface area (Å²) >= 11 is 0. The van der Waals surface area contributed by atoms with Crippen LogP contribution in [0.25, 0.3) is 0 Å². The van der Waals surface area contributed by atoms with E-state index in [-0.39, 0.29) is 12.6 Å². The van der Waals surface area contributed by atoms with Gasteiger partial charge in [0.15, 0.2) is 0 Å². The minimum Gasteiger partial charge on any atom is -0.312 e. The highest BCUT2D eigenvalue weighted by atomic mass is 19.3. The van der Waals surface area contributed by atoms with Crippen molar-refractivity contribution < 1.29 is 8.78 Å². The summed E-state index contributed by atoms with van der Waals surface area (Å²) in [7, 11) is 1.85. The standard InChI is InChI=1S/C15H30F2N2/c1-5-8-18-13-7-6-12(11(2)3)9-14(13)19(4)10-15(16)17/h11-15,18H,5-10H2,1-4H3. The normalized spacial score (nSPS) is 28.6. The van der Waals surface area contributed by atoms with Gasteiger partial charge in [0, 0.05) is 12.1 Å². The number of hydrogen-bond donors (Lipinski definition) is 1. The molecule has 114 valence electrons. The second-order valence-electron chi connectivity index (χ2n) is 6.28. The molecule has 0 saturated heterocycles. The Bertz CT molecular complexity index is 246. The zero-order valence-electron chi connectivity index (χ0n) is 12.8. The van der Waals surface area contributed by atoms with E-state index < -0.39 is 6.43 Å².